The maximum atomic E-state index is 13.4. The number of thiocarbonyl (C=S) groups is 1. The van der Waals surface area contributed by atoms with Crippen LogP contribution in [0.1, 0.15) is 20.8 Å². The molecule has 6 heteroatoms. The van der Waals surface area contributed by atoms with E-state index in [2.05, 4.69) is 10.6 Å². The number of carbonyl (C=O) groups excluding carboxylic acids is 1. The largest absolute Gasteiger partial charge is 0.390 e. The molecule has 1 aromatic rings. The molecule has 0 aromatic heterocycles. The number of hydrogen-bond donors (Lipinski definition) is 3. The highest BCUT2D eigenvalue weighted by molar-refractivity contribution is 7.80. The van der Waals surface area contributed by atoms with Crippen molar-refractivity contribution in [2.45, 2.75) is 26.4 Å². The molecule has 4 nitrogen and oxygen atoms in total. The molecule has 19 heavy (non-hydrogen) atoms. The minimum absolute atomic E-state index is 0.00815. The fourth-order valence-corrected chi connectivity index (χ4v) is 1.47. The fourth-order valence-electron chi connectivity index (χ4n) is 1.26. The van der Waals surface area contributed by atoms with Gasteiger partial charge in [-0.3, -0.25) is 4.79 Å². The predicted molar refractivity (Wildman–Crippen MR) is 76.2 cm³/mol. The second-order valence-corrected chi connectivity index (χ2v) is 5.21. The molecular weight excluding hydrogens is 267 g/mol. The first-order valence-corrected chi connectivity index (χ1v) is 6.21. The Morgan fingerprint density at radius 1 is 1.42 bits per heavy atom. The van der Waals surface area contributed by atoms with Crippen LogP contribution in [-0.2, 0) is 4.79 Å². The summed E-state index contributed by atoms with van der Waals surface area (Å²) in [4.78, 5) is 11.8. The number of rotatable bonds is 3. The number of anilines is 1. The monoisotopic (exact) mass is 284 g/mol. The molecule has 0 bridgehead atoms. The molecule has 0 aliphatic heterocycles. The molecule has 0 saturated heterocycles. The van der Waals surface area contributed by atoms with Crippen LogP contribution >= 0.6 is 12.2 Å². The molecule has 1 unspecified atom stereocenters. The van der Waals surface area contributed by atoms with Gasteiger partial charge in [0.2, 0.25) is 5.91 Å². The zero-order valence-electron chi connectivity index (χ0n) is 11.0. The Balaban J connectivity index is 2.62. The summed E-state index contributed by atoms with van der Waals surface area (Å²) < 4.78 is 13.4. The Hall–Kier alpha value is -1.53. The number of hydrogen-bond acceptors (Lipinski definition) is 3. The van der Waals surface area contributed by atoms with E-state index in [9.17, 15) is 14.3 Å². The molecule has 0 heterocycles. The predicted octanol–water partition coefficient (Wildman–Crippen LogP) is 2.05. The van der Waals surface area contributed by atoms with Gasteiger partial charge in [-0.05, 0) is 38.2 Å². The lowest BCUT2D eigenvalue weighted by atomic mass is 9.92. The summed E-state index contributed by atoms with van der Waals surface area (Å²) in [6.07, 6.45) is 0. The van der Waals surface area contributed by atoms with Crippen LogP contribution in [0.5, 0.6) is 0 Å². The second kappa shape index (κ2) is 6.08. The number of amides is 1. The maximum absolute atomic E-state index is 13.4. The smallest absolute Gasteiger partial charge is 0.231 e. The first-order valence-electron chi connectivity index (χ1n) is 5.80. The van der Waals surface area contributed by atoms with Gasteiger partial charge in [-0.25, -0.2) is 4.39 Å². The molecule has 1 rings (SSSR count). The number of carbonyl (C=O) groups is 1. The Bertz CT molecular complexity index is 486. The molecule has 0 spiro atoms. The van der Waals surface area contributed by atoms with Crippen molar-refractivity contribution in [2.75, 3.05) is 5.32 Å². The van der Waals surface area contributed by atoms with E-state index in [1.54, 1.807) is 19.1 Å². The van der Waals surface area contributed by atoms with Crippen molar-refractivity contribution in [3.05, 3.63) is 30.1 Å². The molecule has 3 N–H and O–H groups in total. The number of para-hydroxylation sites is 1. The van der Waals surface area contributed by atoms with Crippen LogP contribution in [0.15, 0.2) is 24.3 Å². The van der Waals surface area contributed by atoms with Crippen molar-refractivity contribution >= 4 is 28.9 Å². The third kappa shape index (κ3) is 4.57. The van der Waals surface area contributed by atoms with Crippen LogP contribution in [0.2, 0.25) is 0 Å². The van der Waals surface area contributed by atoms with Crippen molar-refractivity contribution in [3.8, 4) is 0 Å². The Labute approximate surface area is 117 Å². The van der Waals surface area contributed by atoms with E-state index < -0.39 is 23.2 Å². The van der Waals surface area contributed by atoms with Crippen molar-refractivity contribution in [2.24, 2.45) is 5.92 Å². The first kappa shape index (κ1) is 15.5. The third-order valence-corrected chi connectivity index (χ3v) is 3.02. The summed E-state index contributed by atoms with van der Waals surface area (Å²) >= 11 is 4.92. The number of aliphatic hydroxyl groups is 1. The summed E-state index contributed by atoms with van der Waals surface area (Å²) in [7, 11) is 0. The van der Waals surface area contributed by atoms with Crippen LogP contribution in [0.4, 0.5) is 10.1 Å². The zero-order valence-corrected chi connectivity index (χ0v) is 11.8. The molecule has 1 aromatic carbocycles. The van der Waals surface area contributed by atoms with Gasteiger partial charge >= 0.3 is 0 Å². The number of nitrogens with one attached hydrogen (secondary N) is 2. The van der Waals surface area contributed by atoms with E-state index >= 15 is 0 Å². The highest BCUT2D eigenvalue weighted by atomic mass is 32.1. The molecule has 104 valence electrons. The van der Waals surface area contributed by atoms with Crippen molar-refractivity contribution in [3.63, 3.8) is 0 Å². The van der Waals surface area contributed by atoms with Crippen molar-refractivity contribution in [1.29, 1.82) is 0 Å². The molecule has 1 atom stereocenters. The van der Waals surface area contributed by atoms with Crippen molar-refractivity contribution < 1.29 is 14.3 Å². The average Bonchev–Trinajstić information content (AvgIpc) is 2.29. The summed E-state index contributed by atoms with van der Waals surface area (Å²) in [5.41, 5.74) is -0.971. The van der Waals surface area contributed by atoms with Crippen LogP contribution in [-0.4, -0.2) is 21.7 Å². The fraction of sp³-hybridized carbons (Fsp3) is 0.385. The Morgan fingerprint density at radius 3 is 2.53 bits per heavy atom. The van der Waals surface area contributed by atoms with Gasteiger partial charge in [0.1, 0.15) is 5.82 Å². The maximum Gasteiger partial charge on any atom is 0.231 e. The highest BCUT2D eigenvalue weighted by Crippen LogP contribution is 2.16. The van der Waals surface area contributed by atoms with Crippen molar-refractivity contribution in [1.82, 2.24) is 5.32 Å². The first-order chi connectivity index (χ1) is 8.71. The minimum Gasteiger partial charge on any atom is -0.390 e. The minimum atomic E-state index is -1.16. The molecule has 0 aliphatic rings. The van der Waals surface area contributed by atoms with Crippen LogP contribution < -0.4 is 10.6 Å². The van der Waals surface area contributed by atoms with E-state index in [0.29, 0.717) is 0 Å². The molecule has 0 fully saturated rings. The number of halogens is 1. The summed E-state index contributed by atoms with van der Waals surface area (Å²) in [6, 6.07) is 5.99. The van der Waals surface area contributed by atoms with E-state index in [1.165, 1.54) is 26.0 Å². The zero-order chi connectivity index (χ0) is 14.6. The van der Waals surface area contributed by atoms with Gasteiger partial charge in [0.05, 0.1) is 17.2 Å². The Morgan fingerprint density at radius 2 is 2.00 bits per heavy atom. The van der Waals surface area contributed by atoms with E-state index in [-0.39, 0.29) is 10.8 Å². The lowest BCUT2D eigenvalue weighted by Gasteiger charge is -2.24. The van der Waals surface area contributed by atoms with Gasteiger partial charge in [-0.15, -0.1) is 0 Å². The summed E-state index contributed by atoms with van der Waals surface area (Å²) in [6.45, 7) is 4.65. The third-order valence-electron chi connectivity index (χ3n) is 2.81. The molecule has 0 aliphatic carbocycles. The van der Waals surface area contributed by atoms with Gasteiger partial charge in [-0.2, -0.15) is 0 Å². The Kier molecular flexibility index (Phi) is 4.97. The molecule has 1 amide bonds. The van der Waals surface area contributed by atoms with E-state index in [0.717, 1.165) is 0 Å². The van der Waals surface area contributed by atoms with E-state index in [1.807, 2.05) is 0 Å². The molecule has 0 radical (unpaired) electrons. The lowest BCUT2D eigenvalue weighted by molar-refractivity contribution is -0.129. The van der Waals surface area contributed by atoms with Gasteiger partial charge in [-0.1, -0.05) is 19.1 Å². The normalized spacial score (nSPS) is 12.7. The van der Waals surface area contributed by atoms with Gasteiger partial charge in [0.15, 0.2) is 5.11 Å². The second-order valence-electron chi connectivity index (χ2n) is 4.80. The molecule has 0 saturated carbocycles. The summed E-state index contributed by atoms with van der Waals surface area (Å²) in [5.74, 6) is -1.54. The van der Waals surface area contributed by atoms with Crippen LogP contribution in [0, 0.1) is 11.7 Å². The quantitative estimate of drug-likeness (QED) is 0.743. The SMILES string of the molecule is CC(C(=O)NC(=S)Nc1ccccc1F)C(C)(C)O. The van der Waals surface area contributed by atoms with Crippen LogP contribution in [0.25, 0.3) is 0 Å². The summed E-state index contributed by atoms with van der Waals surface area (Å²) in [5, 5.41) is 14.7. The average molecular weight is 284 g/mol. The topological polar surface area (TPSA) is 61.4 Å². The van der Waals surface area contributed by atoms with Gasteiger partial charge in [0.25, 0.3) is 0 Å². The standard InChI is InChI=1S/C13H17FN2O2S/c1-8(13(2,3)18)11(17)16-12(19)15-10-7-5-4-6-9(10)14/h4-8,18H,1-3H3,(H2,15,16,17,19). The van der Waals surface area contributed by atoms with E-state index in [4.69, 9.17) is 12.2 Å². The van der Waals surface area contributed by atoms with Gasteiger partial charge in [0, 0.05) is 0 Å². The highest BCUT2D eigenvalue weighted by Gasteiger charge is 2.29. The lowest BCUT2D eigenvalue weighted by Crippen LogP contribution is -2.45. The van der Waals surface area contributed by atoms with Gasteiger partial charge < -0.3 is 15.7 Å². The number of benzene rings is 1. The van der Waals surface area contributed by atoms with Crippen LogP contribution in [0.3, 0.4) is 0 Å². The molecular formula is C13H17FN2O2S.